The van der Waals surface area contributed by atoms with Gasteiger partial charge < -0.3 is 10.2 Å². The molecule has 150 valence electrons. The minimum absolute atomic E-state index is 0.188. The number of halogens is 1. The van der Waals surface area contributed by atoms with Crippen molar-refractivity contribution in [1.82, 2.24) is 15.2 Å². The molecular weight excluding hydrogens is 385 g/mol. The van der Waals surface area contributed by atoms with Gasteiger partial charge in [0.25, 0.3) is 5.91 Å². The molecule has 4 rings (SSSR count). The Labute approximate surface area is 174 Å². The Balaban J connectivity index is 1.25. The number of carbonyl (C=O) groups is 1. The van der Waals surface area contributed by atoms with Crippen molar-refractivity contribution < 1.29 is 9.18 Å². The van der Waals surface area contributed by atoms with Gasteiger partial charge in [-0.15, -0.1) is 11.3 Å². The summed E-state index contributed by atoms with van der Waals surface area (Å²) in [6, 6.07) is 17.0. The van der Waals surface area contributed by atoms with Crippen molar-refractivity contribution in [2.24, 2.45) is 5.92 Å². The van der Waals surface area contributed by atoms with Crippen LogP contribution in [-0.4, -0.2) is 42.0 Å². The lowest BCUT2D eigenvalue weighted by Gasteiger charge is -2.16. The fourth-order valence-electron chi connectivity index (χ4n) is 3.68. The summed E-state index contributed by atoms with van der Waals surface area (Å²) in [4.78, 5) is 19.2. The van der Waals surface area contributed by atoms with Crippen LogP contribution in [0.1, 0.15) is 22.5 Å². The van der Waals surface area contributed by atoms with Gasteiger partial charge in [-0.3, -0.25) is 4.79 Å². The van der Waals surface area contributed by atoms with Crippen molar-refractivity contribution in [2.75, 3.05) is 26.2 Å². The van der Waals surface area contributed by atoms with E-state index in [1.165, 1.54) is 23.0 Å². The average Bonchev–Trinajstić information content (AvgIpc) is 3.41. The molecule has 1 fully saturated rings. The zero-order valence-corrected chi connectivity index (χ0v) is 17.0. The Kier molecular flexibility index (Phi) is 6.32. The van der Waals surface area contributed by atoms with Gasteiger partial charge >= 0.3 is 0 Å². The molecule has 0 spiro atoms. The number of carbonyl (C=O) groups excluding carboxylic acids is 1. The van der Waals surface area contributed by atoms with Crippen LogP contribution in [0.5, 0.6) is 0 Å². The number of likely N-dealkylation sites (tertiary alicyclic amines) is 1. The molecule has 29 heavy (non-hydrogen) atoms. The molecule has 0 saturated carbocycles. The first-order valence-electron chi connectivity index (χ1n) is 9.94. The zero-order chi connectivity index (χ0) is 20.1. The second kappa shape index (κ2) is 9.29. The molecular formula is C23H24FN3OS. The van der Waals surface area contributed by atoms with Crippen molar-refractivity contribution in [1.29, 1.82) is 0 Å². The second-order valence-corrected chi connectivity index (χ2v) is 8.28. The van der Waals surface area contributed by atoms with Crippen LogP contribution in [0.25, 0.3) is 10.6 Å². The molecule has 1 atom stereocenters. The average molecular weight is 410 g/mol. The molecule has 1 aromatic heterocycles. The van der Waals surface area contributed by atoms with Gasteiger partial charge in [-0.25, -0.2) is 9.37 Å². The Morgan fingerprint density at radius 1 is 1.17 bits per heavy atom. The van der Waals surface area contributed by atoms with Crippen LogP contribution >= 0.6 is 11.3 Å². The molecule has 0 aliphatic carbocycles. The maximum atomic E-state index is 13.9. The van der Waals surface area contributed by atoms with Crippen LogP contribution < -0.4 is 5.32 Å². The number of nitrogens with one attached hydrogen (secondary N) is 1. The first kappa shape index (κ1) is 19.7. The number of thiazole rings is 1. The van der Waals surface area contributed by atoms with Crippen LogP contribution in [0.15, 0.2) is 60.0 Å². The lowest BCUT2D eigenvalue weighted by atomic mass is 10.1. The Morgan fingerprint density at radius 3 is 2.79 bits per heavy atom. The molecule has 2 aromatic carbocycles. The summed E-state index contributed by atoms with van der Waals surface area (Å²) in [5, 5.41) is 5.22. The molecule has 6 heteroatoms. The van der Waals surface area contributed by atoms with E-state index in [9.17, 15) is 9.18 Å². The van der Waals surface area contributed by atoms with Gasteiger partial charge in [0.05, 0.1) is 0 Å². The highest BCUT2D eigenvalue weighted by Gasteiger charge is 2.23. The molecule has 1 saturated heterocycles. The smallest absolute Gasteiger partial charge is 0.270 e. The highest BCUT2D eigenvalue weighted by atomic mass is 32.1. The largest absolute Gasteiger partial charge is 0.350 e. The summed E-state index contributed by atoms with van der Waals surface area (Å²) in [7, 11) is 0. The fraction of sp³-hybridized carbons (Fsp3) is 0.304. The van der Waals surface area contributed by atoms with Gasteiger partial charge in [0, 0.05) is 30.6 Å². The number of hydrogen-bond donors (Lipinski definition) is 1. The molecule has 0 radical (unpaired) electrons. The van der Waals surface area contributed by atoms with E-state index in [1.807, 2.05) is 6.07 Å². The van der Waals surface area contributed by atoms with Crippen LogP contribution in [0.4, 0.5) is 4.39 Å². The first-order chi connectivity index (χ1) is 14.2. The van der Waals surface area contributed by atoms with Gasteiger partial charge in [-0.1, -0.05) is 42.5 Å². The van der Waals surface area contributed by atoms with Crippen LogP contribution in [0.3, 0.4) is 0 Å². The van der Waals surface area contributed by atoms with Gasteiger partial charge in [0.2, 0.25) is 0 Å². The van der Waals surface area contributed by atoms with E-state index < -0.39 is 0 Å². The molecule has 1 unspecified atom stereocenters. The SMILES string of the molecule is O=C(NCC1CCN(CCc2ccccc2)C1)c1csc(-c2ccccc2F)n1. The minimum Gasteiger partial charge on any atom is -0.350 e. The van der Waals surface area contributed by atoms with E-state index in [1.54, 1.807) is 23.6 Å². The van der Waals surface area contributed by atoms with Crippen molar-refractivity contribution in [3.8, 4) is 10.6 Å². The number of hydrogen-bond acceptors (Lipinski definition) is 4. The van der Waals surface area contributed by atoms with Gasteiger partial charge in [-0.05, 0) is 43.0 Å². The molecule has 1 aliphatic heterocycles. The van der Waals surface area contributed by atoms with Crippen molar-refractivity contribution in [3.63, 3.8) is 0 Å². The summed E-state index contributed by atoms with van der Waals surface area (Å²) in [6.07, 6.45) is 2.14. The number of rotatable bonds is 7. The highest BCUT2D eigenvalue weighted by Crippen LogP contribution is 2.26. The molecule has 3 aromatic rings. The third kappa shape index (κ3) is 5.08. The second-order valence-electron chi connectivity index (χ2n) is 7.42. The Bertz CT molecular complexity index is 960. The van der Waals surface area contributed by atoms with Gasteiger partial charge in [-0.2, -0.15) is 0 Å². The predicted octanol–water partition coefficient (Wildman–Crippen LogP) is 4.24. The summed E-state index contributed by atoms with van der Waals surface area (Å²) in [5.41, 5.74) is 2.15. The maximum Gasteiger partial charge on any atom is 0.270 e. The molecule has 1 aliphatic rings. The summed E-state index contributed by atoms with van der Waals surface area (Å²) in [5.74, 6) is -0.0543. The van der Waals surface area contributed by atoms with E-state index in [-0.39, 0.29) is 11.7 Å². The van der Waals surface area contributed by atoms with E-state index in [4.69, 9.17) is 0 Å². The molecule has 1 amide bonds. The van der Waals surface area contributed by atoms with E-state index in [2.05, 4.69) is 39.5 Å². The standard InChI is InChI=1S/C23H24FN3OS/c24-20-9-5-4-8-19(20)23-26-21(16-29-23)22(28)25-14-18-11-13-27(15-18)12-10-17-6-2-1-3-7-17/h1-9,16,18H,10-15H2,(H,25,28). The summed E-state index contributed by atoms with van der Waals surface area (Å²) >= 11 is 1.29. The van der Waals surface area contributed by atoms with Crippen LogP contribution in [0.2, 0.25) is 0 Å². The minimum atomic E-state index is -0.324. The third-order valence-corrected chi connectivity index (χ3v) is 6.20. The maximum absolute atomic E-state index is 13.9. The van der Waals surface area contributed by atoms with E-state index in [0.29, 0.717) is 28.7 Å². The molecule has 4 nitrogen and oxygen atoms in total. The van der Waals surface area contributed by atoms with E-state index >= 15 is 0 Å². The molecule has 2 heterocycles. The summed E-state index contributed by atoms with van der Waals surface area (Å²) < 4.78 is 13.9. The van der Waals surface area contributed by atoms with Crippen LogP contribution in [0, 0.1) is 11.7 Å². The number of nitrogens with zero attached hydrogens (tertiary/aromatic N) is 2. The molecule has 1 N–H and O–H groups in total. The fourth-order valence-corrected chi connectivity index (χ4v) is 4.51. The van der Waals surface area contributed by atoms with Gasteiger partial charge in [0.15, 0.2) is 0 Å². The quantitative estimate of drug-likeness (QED) is 0.635. The van der Waals surface area contributed by atoms with E-state index in [0.717, 1.165) is 32.5 Å². The van der Waals surface area contributed by atoms with Gasteiger partial charge in [0.1, 0.15) is 16.5 Å². The Morgan fingerprint density at radius 2 is 1.97 bits per heavy atom. The monoisotopic (exact) mass is 409 g/mol. The van der Waals surface area contributed by atoms with Crippen LogP contribution in [-0.2, 0) is 6.42 Å². The number of aromatic nitrogens is 1. The van der Waals surface area contributed by atoms with Crippen molar-refractivity contribution in [2.45, 2.75) is 12.8 Å². The number of amides is 1. The molecule has 0 bridgehead atoms. The third-order valence-electron chi connectivity index (χ3n) is 5.32. The first-order valence-corrected chi connectivity index (χ1v) is 10.8. The Hall–Kier alpha value is -2.57. The lowest BCUT2D eigenvalue weighted by molar-refractivity contribution is 0.0943. The normalized spacial score (nSPS) is 16.8. The highest BCUT2D eigenvalue weighted by molar-refractivity contribution is 7.13. The number of benzene rings is 2. The topological polar surface area (TPSA) is 45.2 Å². The predicted molar refractivity (Wildman–Crippen MR) is 115 cm³/mol. The lowest BCUT2D eigenvalue weighted by Crippen LogP contribution is -2.31. The summed E-state index contributed by atoms with van der Waals surface area (Å²) in [6.45, 7) is 3.77. The zero-order valence-electron chi connectivity index (χ0n) is 16.2. The van der Waals surface area contributed by atoms with Crippen molar-refractivity contribution >= 4 is 17.2 Å². The van der Waals surface area contributed by atoms with Crippen molar-refractivity contribution in [3.05, 3.63) is 77.1 Å².